The van der Waals surface area contributed by atoms with E-state index in [4.69, 9.17) is 0 Å². The smallest absolute Gasteiger partial charge is 0.254 e. The van der Waals surface area contributed by atoms with E-state index in [2.05, 4.69) is 9.88 Å². The van der Waals surface area contributed by atoms with Crippen molar-refractivity contribution in [2.75, 3.05) is 24.5 Å². The molecule has 1 atom stereocenters. The molecule has 3 heterocycles. The number of H-pyrrole nitrogens is 1. The van der Waals surface area contributed by atoms with E-state index in [1.807, 2.05) is 29.2 Å². The van der Waals surface area contributed by atoms with E-state index in [1.54, 1.807) is 6.07 Å². The Morgan fingerprint density at radius 3 is 2.69 bits per heavy atom. The summed E-state index contributed by atoms with van der Waals surface area (Å²) >= 11 is 0. The molecule has 136 valence electrons. The predicted molar refractivity (Wildman–Crippen MR) is 99.4 cm³/mol. The van der Waals surface area contributed by atoms with Crippen molar-refractivity contribution in [1.82, 2.24) is 9.88 Å². The minimum atomic E-state index is -0.273. The number of anilines is 1. The molecule has 4 rings (SSSR count). The number of aliphatic hydroxyl groups is 1. The Balaban J connectivity index is 1.47. The van der Waals surface area contributed by atoms with Crippen molar-refractivity contribution in [3.05, 3.63) is 63.6 Å². The van der Waals surface area contributed by atoms with Gasteiger partial charge in [-0.15, -0.1) is 0 Å². The fraction of sp³-hybridized carbons (Fsp3) is 0.400. The van der Waals surface area contributed by atoms with Crippen LogP contribution in [0.25, 0.3) is 0 Å². The molecule has 0 radical (unpaired) electrons. The van der Waals surface area contributed by atoms with E-state index in [9.17, 15) is 14.7 Å². The molecule has 0 aliphatic carbocycles. The first-order chi connectivity index (χ1) is 12.6. The number of carbonyl (C=O) groups excluding carboxylic acids is 1. The van der Waals surface area contributed by atoms with Gasteiger partial charge in [-0.1, -0.05) is 6.07 Å². The van der Waals surface area contributed by atoms with Gasteiger partial charge in [-0.05, 0) is 42.7 Å². The average molecular weight is 353 g/mol. The highest BCUT2D eigenvalue weighted by molar-refractivity contribution is 5.94. The Morgan fingerprint density at radius 2 is 1.92 bits per heavy atom. The molecule has 6 heteroatoms. The van der Waals surface area contributed by atoms with Crippen LogP contribution >= 0.6 is 0 Å². The zero-order valence-electron chi connectivity index (χ0n) is 14.6. The maximum atomic E-state index is 12.8. The second kappa shape index (κ2) is 6.96. The molecule has 0 saturated carbocycles. The van der Waals surface area contributed by atoms with E-state index in [1.165, 1.54) is 6.07 Å². The maximum Gasteiger partial charge on any atom is 0.254 e. The van der Waals surface area contributed by atoms with Crippen LogP contribution in [0.4, 0.5) is 5.69 Å². The third-order valence-corrected chi connectivity index (χ3v) is 5.25. The zero-order valence-corrected chi connectivity index (χ0v) is 14.6. The molecule has 2 aliphatic rings. The van der Waals surface area contributed by atoms with Crippen LogP contribution in [0.5, 0.6) is 0 Å². The number of aromatic amines is 1. The van der Waals surface area contributed by atoms with Gasteiger partial charge in [-0.2, -0.15) is 0 Å². The molecule has 2 N–H and O–H groups in total. The first kappa shape index (κ1) is 16.8. The number of benzene rings is 1. The van der Waals surface area contributed by atoms with Crippen molar-refractivity contribution in [2.24, 2.45) is 0 Å². The second-order valence-corrected chi connectivity index (χ2v) is 7.09. The van der Waals surface area contributed by atoms with E-state index in [0.717, 1.165) is 36.3 Å². The van der Waals surface area contributed by atoms with Crippen LogP contribution in [-0.2, 0) is 13.0 Å². The lowest BCUT2D eigenvalue weighted by Gasteiger charge is -2.32. The summed E-state index contributed by atoms with van der Waals surface area (Å²) in [7, 11) is 0. The summed E-state index contributed by atoms with van der Waals surface area (Å²) < 4.78 is 0. The molecule has 1 saturated heterocycles. The highest BCUT2D eigenvalue weighted by Crippen LogP contribution is 2.22. The Morgan fingerprint density at radius 1 is 1.12 bits per heavy atom. The quantitative estimate of drug-likeness (QED) is 0.859. The van der Waals surface area contributed by atoms with Crippen molar-refractivity contribution in [3.63, 3.8) is 0 Å². The Labute approximate surface area is 152 Å². The van der Waals surface area contributed by atoms with Crippen LogP contribution in [0.2, 0.25) is 0 Å². The van der Waals surface area contributed by atoms with Gasteiger partial charge in [0.2, 0.25) is 5.56 Å². The van der Waals surface area contributed by atoms with E-state index in [-0.39, 0.29) is 17.6 Å². The van der Waals surface area contributed by atoms with E-state index < -0.39 is 0 Å². The summed E-state index contributed by atoms with van der Waals surface area (Å²) in [5, 5.41) is 9.83. The summed E-state index contributed by atoms with van der Waals surface area (Å²) in [6, 6.07) is 11.0. The van der Waals surface area contributed by atoms with Gasteiger partial charge in [0.25, 0.3) is 5.91 Å². The number of amides is 1. The lowest BCUT2D eigenvalue weighted by atomic mass is 10.0. The normalized spacial score (nSPS) is 20.0. The number of pyridine rings is 1. The van der Waals surface area contributed by atoms with Gasteiger partial charge in [0.05, 0.1) is 6.10 Å². The lowest BCUT2D eigenvalue weighted by molar-refractivity contribution is 0.0733. The van der Waals surface area contributed by atoms with Crippen LogP contribution < -0.4 is 10.5 Å². The molecule has 1 amide bonds. The van der Waals surface area contributed by atoms with Crippen molar-refractivity contribution < 1.29 is 9.90 Å². The van der Waals surface area contributed by atoms with E-state index >= 15 is 0 Å². The Bertz CT molecular complexity index is 859. The molecule has 6 nitrogen and oxygen atoms in total. The number of aromatic nitrogens is 1. The van der Waals surface area contributed by atoms with Gasteiger partial charge < -0.3 is 19.9 Å². The fourth-order valence-corrected chi connectivity index (χ4v) is 3.81. The molecule has 1 fully saturated rings. The molecule has 1 aromatic carbocycles. The average Bonchev–Trinajstić information content (AvgIpc) is 2.67. The molecule has 2 aliphatic heterocycles. The van der Waals surface area contributed by atoms with Crippen LogP contribution in [0.15, 0.2) is 41.2 Å². The van der Waals surface area contributed by atoms with Crippen LogP contribution in [0, 0.1) is 0 Å². The third kappa shape index (κ3) is 3.37. The summed E-state index contributed by atoms with van der Waals surface area (Å²) in [6.45, 7) is 2.71. The Kier molecular flexibility index (Phi) is 4.51. The van der Waals surface area contributed by atoms with Gasteiger partial charge in [0.1, 0.15) is 0 Å². The number of nitrogens with zero attached hydrogens (tertiary/aromatic N) is 2. The highest BCUT2D eigenvalue weighted by atomic mass is 16.3. The summed E-state index contributed by atoms with van der Waals surface area (Å²) in [5.74, 6) is 0.00655. The lowest BCUT2D eigenvalue weighted by Crippen LogP contribution is -2.38. The largest absolute Gasteiger partial charge is 0.391 e. The zero-order chi connectivity index (χ0) is 18.1. The number of hydrogen-bond acceptors (Lipinski definition) is 4. The molecule has 1 unspecified atom stereocenters. The van der Waals surface area contributed by atoms with Crippen molar-refractivity contribution in [3.8, 4) is 0 Å². The molecule has 0 spiro atoms. The van der Waals surface area contributed by atoms with Gasteiger partial charge >= 0.3 is 0 Å². The van der Waals surface area contributed by atoms with Gasteiger partial charge in [-0.3, -0.25) is 9.59 Å². The minimum absolute atomic E-state index is 0.00655. The molecule has 1 aromatic heterocycles. The second-order valence-electron chi connectivity index (χ2n) is 7.09. The van der Waals surface area contributed by atoms with Gasteiger partial charge in [0.15, 0.2) is 0 Å². The summed E-state index contributed by atoms with van der Waals surface area (Å²) in [5.41, 5.74) is 3.55. The first-order valence-corrected chi connectivity index (χ1v) is 9.13. The maximum absolute atomic E-state index is 12.8. The van der Waals surface area contributed by atoms with Crippen molar-refractivity contribution in [1.29, 1.82) is 0 Å². The third-order valence-electron chi connectivity index (χ3n) is 5.25. The van der Waals surface area contributed by atoms with Gasteiger partial charge in [-0.25, -0.2) is 0 Å². The minimum Gasteiger partial charge on any atom is -0.391 e. The van der Waals surface area contributed by atoms with Gasteiger partial charge in [0, 0.05) is 55.6 Å². The Hall–Kier alpha value is -2.60. The molecular weight excluding hydrogens is 330 g/mol. The predicted octanol–water partition coefficient (Wildman–Crippen LogP) is 1.53. The number of piperidine rings is 1. The number of hydrogen-bond donors (Lipinski definition) is 2. The molecule has 26 heavy (non-hydrogen) atoms. The van der Waals surface area contributed by atoms with E-state index in [0.29, 0.717) is 31.6 Å². The SMILES string of the molecule is O=C(c1ccc(N2CCCC(O)C2)cc1)N1CCc2[nH]c(=O)ccc2C1. The highest BCUT2D eigenvalue weighted by Gasteiger charge is 2.23. The fourth-order valence-electron chi connectivity index (χ4n) is 3.81. The van der Waals surface area contributed by atoms with Crippen LogP contribution in [0.3, 0.4) is 0 Å². The summed E-state index contributed by atoms with van der Waals surface area (Å²) in [4.78, 5) is 31.1. The summed E-state index contributed by atoms with van der Waals surface area (Å²) in [6.07, 6.45) is 2.23. The number of nitrogens with one attached hydrogen (secondary N) is 1. The van der Waals surface area contributed by atoms with Crippen LogP contribution in [-0.4, -0.2) is 46.6 Å². The standard InChI is InChI=1S/C20H23N3O3/c24-17-2-1-10-22(13-17)16-6-3-14(4-7-16)20(26)23-11-9-18-15(12-23)5-8-19(25)21-18/h3-8,17,24H,1-2,9-13H2,(H,21,25). The monoisotopic (exact) mass is 353 g/mol. The topological polar surface area (TPSA) is 76.6 Å². The van der Waals surface area contributed by atoms with Crippen LogP contribution in [0.1, 0.15) is 34.5 Å². The number of rotatable bonds is 2. The van der Waals surface area contributed by atoms with Crippen molar-refractivity contribution in [2.45, 2.75) is 31.9 Å². The molecule has 2 aromatic rings. The number of fused-ring (bicyclic) bond motifs is 1. The molecular formula is C20H23N3O3. The van der Waals surface area contributed by atoms with Crippen molar-refractivity contribution >= 4 is 11.6 Å². The number of β-amino-alcohol motifs (C(OH)–C–C–N with tert-alkyl or cyclic N) is 1. The first-order valence-electron chi connectivity index (χ1n) is 9.13. The number of aliphatic hydroxyl groups excluding tert-OH is 1. The number of carbonyl (C=O) groups is 1. The molecule has 0 bridgehead atoms.